The van der Waals surface area contributed by atoms with Crippen LogP contribution >= 0.6 is 0 Å². The Morgan fingerprint density at radius 1 is 0.875 bits per heavy atom. The minimum Gasteiger partial charge on any atom is -0.469 e. The van der Waals surface area contributed by atoms with Gasteiger partial charge >= 0.3 is 0 Å². The summed E-state index contributed by atoms with van der Waals surface area (Å²) in [6.45, 7) is 1.69. The van der Waals surface area contributed by atoms with Crippen molar-refractivity contribution in [3.63, 3.8) is 0 Å². The summed E-state index contributed by atoms with van der Waals surface area (Å²) < 4.78 is 31.6. The summed E-state index contributed by atoms with van der Waals surface area (Å²) in [5.74, 6) is 0.537. The van der Waals surface area contributed by atoms with Crippen LogP contribution in [0.3, 0.4) is 0 Å². The minimum absolute atomic E-state index is 0.102. The number of hydrogen-bond donors (Lipinski definition) is 1. The molecule has 4 heteroatoms. The first kappa shape index (κ1) is 16.4. The molecule has 1 atom stereocenters. The van der Waals surface area contributed by atoms with Gasteiger partial charge in [-0.25, -0.2) is 8.78 Å². The number of hydrogen-bond acceptors (Lipinski definition) is 1. The van der Waals surface area contributed by atoms with Gasteiger partial charge in [-0.1, -0.05) is 24.3 Å². The Hall–Kier alpha value is -2.46. The van der Waals surface area contributed by atoms with E-state index in [-0.39, 0.29) is 17.6 Å². The lowest BCUT2D eigenvalue weighted by Gasteiger charge is -2.14. The second-order valence-electron chi connectivity index (χ2n) is 5.82. The van der Waals surface area contributed by atoms with Crippen molar-refractivity contribution in [1.82, 2.24) is 0 Å². The van der Waals surface area contributed by atoms with Crippen LogP contribution in [0.1, 0.15) is 29.2 Å². The third-order valence-electron chi connectivity index (χ3n) is 4.11. The van der Waals surface area contributed by atoms with Gasteiger partial charge in [0.2, 0.25) is 0 Å². The first-order valence-electron chi connectivity index (χ1n) is 8.07. The highest BCUT2D eigenvalue weighted by Gasteiger charge is 2.17. The van der Waals surface area contributed by atoms with Crippen LogP contribution in [-0.4, -0.2) is 6.54 Å². The zero-order chi connectivity index (χ0) is 16.8. The number of quaternary nitrogens is 1. The zero-order valence-electron chi connectivity index (χ0n) is 13.3. The summed E-state index contributed by atoms with van der Waals surface area (Å²) in [6, 6.07) is 17.0. The largest absolute Gasteiger partial charge is 0.469 e. The second-order valence-corrected chi connectivity index (χ2v) is 5.82. The molecule has 0 saturated heterocycles. The monoisotopic (exact) mass is 328 g/mol. The summed E-state index contributed by atoms with van der Waals surface area (Å²) in [5, 5.41) is 2.19. The maximum Gasteiger partial charge on any atom is 0.123 e. The van der Waals surface area contributed by atoms with E-state index in [1.165, 1.54) is 24.3 Å². The Bertz CT molecular complexity index is 736. The van der Waals surface area contributed by atoms with Crippen LogP contribution in [-0.2, 0) is 6.54 Å². The van der Waals surface area contributed by atoms with Gasteiger partial charge in [0.1, 0.15) is 23.9 Å². The lowest BCUT2D eigenvalue weighted by molar-refractivity contribution is -0.671. The highest BCUT2D eigenvalue weighted by Crippen LogP contribution is 2.27. The summed E-state index contributed by atoms with van der Waals surface area (Å²) in [7, 11) is 0. The van der Waals surface area contributed by atoms with Crippen LogP contribution in [0.25, 0.3) is 0 Å². The molecule has 0 amide bonds. The first-order chi connectivity index (χ1) is 11.7. The van der Waals surface area contributed by atoms with Crippen LogP contribution in [0, 0.1) is 11.6 Å². The molecule has 1 heterocycles. The SMILES string of the molecule is Fc1ccc(C[NH2+]CC[C@H](c2ccc(F)cc2)c2ccco2)cc1. The molecule has 3 aromatic rings. The molecule has 0 aliphatic carbocycles. The highest BCUT2D eigenvalue weighted by molar-refractivity contribution is 5.27. The molecule has 0 bridgehead atoms. The molecule has 0 aliphatic heterocycles. The summed E-state index contributed by atoms with van der Waals surface area (Å²) in [6.07, 6.45) is 2.54. The van der Waals surface area contributed by atoms with E-state index >= 15 is 0 Å². The molecule has 2 nitrogen and oxygen atoms in total. The van der Waals surface area contributed by atoms with E-state index in [0.717, 1.165) is 36.4 Å². The van der Waals surface area contributed by atoms with Crippen molar-refractivity contribution in [3.05, 3.63) is 95.4 Å². The Balaban J connectivity index is 1.60. The summed E-state index contributed by atoms with van der Waals surface area (Å²) in [4.78, 5) is 0. The second kappa shape index (κ2) is 7.88. The van der Waals surface area contributed by atoms with Crippen molar-refractivity contribution in [2.24, 2.45) is 0 Å². The molecular formula is C20H20F2NO+. The smallest absolute Gasteiger partial charge is 0.123 e. The number of nitrogens with two attached hydrogens (primary N) is 1. The number of halogens is 2. The van der Waals surface area contributed by atoms with Crippen molar-refractivity contribution >= 4 is 0 Å². The van der Waals surface area contributed by atoms with E-state index in [1.807, 2.05) is 24.3 Å². The molecule has 2 aromatic carbocycles. The number of furan rings is 1. The molecule has 24 heavy (non-hydrogen) atoms. The lowest BCUT2D eigenvalue weighted by atomic mass is 9.93. The van der Waals surface area contributed by atoms with Gasteiger partial charge in [0.25, 0.3) is 0 Å². The van der Waals surface area contributed by atoms with Crippen LogP contribution in [0.5, 0.6) is 0 Å². The minimum atomic E-state index is -0.236. The number of rotatable bonds is 7. The van der Waals surface area contributed by atoms with Gasteiger partial charge in [0.15, 0.2) is 0 Å². The summed E-state index contributed by atoms with van der Waals surface area (Å²) >= 11 is 0. The Labute approximate surface area is 140 Å². The Morgan fingerprint density at radius 3 is 2.17 bits per heavy atom. The lowest BCUT2D eigenvalue weighted by Crippen LogP contribution is -2.82. The van der Waals surface area contributed by atoms with Crippen molar-refractivity contribution in [3.8, 4) is 0 Å². The molecule has 0 fully saturated rings. The molecule has 124 valence electrons. The van der Waals surface area contributed by atoms with E-state index < -0.39 is 0 Å². The van der Waals surface area contributed by atoms with Crippen LogP contribution in [0.4, 0.5) is 8.78 Å². The summed E-state index contributed by atoms with van der Waals surface area (Å²) in [5.41, 5.74) is 2.13. The molecule has 0 unspecified atom stereocenters. The highest BCUT2D eigenvalue weighted by atomic mass is 19.1. The predicted molar refractivity (Wildman–Crippen MR) is 88.5 cm³/mol. The fraction of sp³-hybridized carbons (Fsp3) is 0.200. The quantitative estimate of drug-likeness (QED) is 0.656. The molecule has 0 saturated carbocycles. The fourth-order valence-electron chi connectivity index (χ4n) is 2.83. The third kappa shape index (κ3) is 4.30. The van der Waals surface area contributed by atoms with Gasteiger partial charge < -0.3 is 9.73 Å². The van der Waals surface area contributed by atoms with Gasteiger partial charge in [-0.05, 0) is 42.0 Å². The standard InChI is InChI=1S/C20H19F2NO/c21-17-7-3-15(4-8-17)14-23-12-11-19(20-2-1-13-24-20)16-5-9-18(22)10-6-16/h1-10,13,19,23H,11-12,14H2/p+1/t19-/m1/s1. The van der Waals surface area contributed by atoms with E-state index in [4.69, 9.17) is 4.42 Å². The van der Waals surface area contributed by atoms with Crippen molar-refractivity contribution < 1.29 is 18.5 Å². The Morgan fingerprint density at radius 2 is 1.54 bits per heavy atom. The fourth-order valence-corrected chi connectivity index (χ4v) is 2.83. The predicted octanol–water partition coefficient (Wildman–Crippen LogP) is 3.84. The van der Waals surface area contributed by atoms with E-state index in [0.29, 0.717) is 0 Å². The van der Waals surface area contributed by atoms with Crippen LogP contribution in [0.15, 0.2) is 71.3 Å². The molecule has 3 rings (SSSR count). The first-order valence-corrected chi connectivity index (χ1v) is 8.07. The molecular weight excluding hydrogens is 308 g/mol. The van der Waals surface area contributed by atoms with Crippen LogP contribution in [0.2, 0.25) is 0 Å². The van der Waals surface area contributed by atoms with Crippen molar-refractivity contribution in [2.45, 2.75) is 18.9 Å². The number of benzene rings is 2. The van der Waals surface area contributed by atoms with Crippen molar-refractivity contribution in [2.75, 3.05) is 6.54 Å². The molecule has 0 aliphatic rings. The topological polar surface area (TPSA) is 29.8 Å². The van der Waals surface area contributed by atoms with E-state index in [1.54, 1.807) is 18.4 Å². The Kier molecular flexibility index (Phi) is 5.39. The third-order valence-corrected chi connectivity index (χ3v) is 4.11. The molecule has 2 N–H and O–H groups in total. The van der Waals surface area contributed by atoms with Crippen molar-refractivity contribution in [1.29, 1.82) is 0 Å². The van der Waals surface area contributed by atoms with Gasteiger partial charge in [0.05, 0.1) is 12.8 Å². The molecule has 0 spiro atoms. The zero-order valence-corrected chi connectivity index (χ0v) is 13.3. The van der Waals surface area contributed by atoms with Gasteiger partial charge in [-0.2, -0.15) is 0 Å². The van der Waals surface area contributed by atoms with Crippen LogP contribution < -0.4 is 5.32 Å². The maximum absolute atomic E-state index is 13.2. The average Bonchev–Trinajstić information content (AvgIpc) is 3.12. The maximum atomic E-state index is 13.2. The van der Waals surface area contributed by atoms with Gasteiger partial charge in [0, 0.05) is 17.9 Å². The molecule has 1 aromatic heterocycles. The average molecular weight is 328 g/mol. The van der Waals surface area contributed by atoms with E-state index in [9.17, 15) is 8.78 Å². The van der Waals surface area contributed by atoms with Gasteiger partial charge in [-0.3, -0.25) is 0 Å². The molecule has 0 radical (unpaired) electrons. The normalized spacial score (nSPS) is 12.2. The van der Waals surface area contributed by atoms with Gasteiger partial charge in [-0.15, -0.1) is 0 Å². The van der Waals surface area contributed by atoms with E-state index in [2.05, 4.69) is 5.32 Å².